The second-order valence-electron chi connectivity index (χ2n) is 8.58. The van der Waals surface area contributed by atoms with Gasteiger partial charge in [-0.15, -0.1) is 11.3 Å². The van der Waals surface area contributed by atoms with Crippen molar-refractivity contribution in [2.45, 2.75) is 0 Å². The summed E-state index contributed by atoms with van der Waals surface area (Å²) < 4.78 is 2.71. The van der Waals surface area contributed by atoms with Gasteiger partial charge in [0, 0.05) is 20.2 Å². The summed E-state index contributed by atoms with van der Waals surface area (Å²) in [5.41, 5.74) is 5.08. The molecule has 0 aliphatic heterocycles. The Bertz CT molecular complexity index is 1820. The van der Waals surface area contributed by atoms with E-state index >= 15 is 0 Å². The van der Waals surface area contributed by atoms with Crippen LogP contribution in [0, 0.1) is 0 Å². The van der Waals surface area contributed by atoms with Crippen LogP contribution in [-0.2, 0) is 0 Å². The van der Waals surface area contributed by atoms with Crippen molar-refractivity contribution in [1.82, 2.24) is 0 Å². The number of fused-ring (bicyclic) bond motifs is 6. The van der Waals surface area contributed by atoms with Gasteiger partial charge in [0.25, 0.3) is 0 Å². The van der Waals surface area contributed by atoms with Crippen LogP contribution >= 0.6 is 11.3 Å². The highest BCUT2D eigenvalue weighted by molar-refractivity contribution is 7.26. The van der Waals surface area contributed by atoms with E-state index in [9.17, 15) is 0 Å². The fourth-order valence-corrected chi connectivity index (χ4v) is 6.26. The second kappa shape index (κ2) is 7.30. The molecule has 0 amide bonds. The molecule has 0 fully saturated rings. The quantitative estimate of drug-likeness (QED) is 0.237. The lowest BCUT2D eigenvalue weighted by molar-refractivity contribution is 1.63. The van der Waals surface area contributed by atoms with Gasteiger partial charge in [-0.05, 0) is 62.0 Å². The van der Waals surface area contributed by atoms with Crippen molar-refractivity contribution in [1.29, 1.82) is 0 Å². The zero-order valence-corrected chi connectivity index (χ0v) is 18.8. The third-order valence-electron chi connectivity index (χ3n) is 6.66. The minimum atomic E-state index is 1.25. The van der Waals surface area contributed by atoms with Gasteiger partial charge in [0.2, 0.25) is 0 Å². The molecule has 6 aromatic carbocycles. The third-order valence-corrected chi connectivity index (χ3v) is 7.88. The monoisotopic (exact) mass is 436 g/mol. The lowest BCUT2D eigenvalue weighted by Gasteiger charge is -2.10. The lowest BCUT2D eigenvalue weighted by atomic mass is 9.95. The van der Waals surface area contributed by atoms with Crippen LogP contribution in [0.15, 0.2) is 121 Å². The first-order valence-corrected chi connectivity index (χ1v) is 12.1. The second-order valence-corrected chi connectivity index (χ2v) is 9.64. The average Bonchev–Trinajstić information content (AvgIpc) is 3.27. The standard InChI is InChI=1S/C32H20S/c1-2-10-26-21(7-1)15-16-22-17-18-24(20-30(22)26)23-8-5-9-25(19-23)27-12-6-13-29-28-11-3-4-14-31(28)33-32(27)29/h1-20H. The predicted molar refractivity (Wildman–Crippen MR) is 145 cm³/mol. The Labute approximate surface area is 196 Å². The van der Waals surface area contributed by atoms with Crippen molar-refractivity contribution in [3.8, 4) is 22.3 Å². The van der Waals surface area contributed by atoms with Crippen LogP contribution in [0.2, 0.25) is 0 Å². The molecule has 0 unspecified atom stereocenters. The summed E-state index contributed by atoms with van der Waals surface area (Å²) in [5.74, 6) is 0. The number of hydrogen-bond acceptors (Lipinski definition) is 1. The molecule has 33 heavy (non-hydrogen) atoms. The lowest BCUT2D eigenvalue weighted by Crippen LogP contribution is -1.84. The highest BCUT2D eigenvalue weighted by Crippen LogP contribution is 2.40. The van der Waals surface area contributed by atoms with Crippen LogP contribution < -0.4 is 0 Å². The zero-order chi connectivity index (χ0) is 21.8. The van der Waals surface area contributed by atoms with Crippen LogP contribution in [0.5, 0.6) is 0 Å². The maximum Gasteiger partial charge on any atom is 0.0433 e. The minimum absolute atomic E-state index is 1.25. The van der Waals surface area contributed by atoms with Crippen LogP contribution in [0.4, 0.5) is 0 Å². The van der Waals surface area contributed by atoms with Crippen molar-refractivity contribution in [2.75, 3.05) is 0 Å². The molecule has 0 saturated carbocycles. The van der Waals surface area contributed by atoms with Gasteiger partial charge in [0.15, 0.2) is 0 Å². The molecule has 0 aliphatic rings. The summed E-state index contributed by atoms with van der Waals surface area (Å²) in [6.07, 6.45) is 0. The topological polar surface area (TPSA) is 0 Å². The Morgan fingerprint density at radius 3 is 2.00 bits per heavy atom. The van der Waals surface area contributed by atoms with E-state index in [0.29, 0.717) is 0 Å². The van der Waals surface area contributed by atoms with Crippen LogP contribution in [0.1, 0.15) is 0 Å². The van der Waals surface area contributed by atoms with Crippen LogP contribution in [0.3, 0.4) is 0 Å². The number of hydrogen-bond donors (Lipinski definition) is 0. The molecule has 1 heterocycles. The van der Waals surface area contributed by atoms with E-state index in [4.69, 9.17) is 0 Å². The largest absolute Gasteiger partial charge is 0.135 e. The van der Waals surface area contributed by atoms with Gasteiger partial charge >= 0.3 is 0 Å². The van der Waals surface area contributed by atoms with E-state index in [1.54, 1.807) is 0 Å². The maximum atomic E-state index is 2.34. The van der Waals surface area contributed by atoms with Gasteiger partial charge in [-0.2, -0.15) is 0 Å². The smallest absolute Gasteiger partial charge is 0.0433 e. The van der Waals surface area contributed by atoms with Crippen molar-refractivity contribution >= 4 is 53.1 Å². The molecule has 0 nitrogen and oxygen atoms in total. The Morgan fingerprint density at radius 2 is 1.06 bits per heavy atom. The van der Waals surface area contributed by atoms with E-state index in [0.717, 1.165) is 0 Å². The van der Waals surface area contributed by atoms with Crippen molar-refractivity contribution < 1.29 is 0 Å². The minimum Gasteiger partial charge on any atom is -0.135 e. The van der Waals surface area contributed by atoms with E-state index in [1.807, 2.05) is 11.3 Å². The summed E-state index contributed by atoms with van der Waals surface area (Å²) in [4.78, 5) is 0. The van der Waals surface area contributed by atoms with Crippen LogP contribution in [0.25, 0.3) is 64.0 Å². The zero-order valence-electron chi connectivity index (χ0n) is 18.0. The Morgan fingerprint density at radius 1 is 0.394 bits per heavy atom. The molecule has 0 N–H and O–H groups in total. The van der Waals surface area contributed by atoms with E-state index < -0.39 is 0 Å². The molecule has 0 radical (unpaired) electrons. The molecule has 0 spiro atoms. The molecule has 1 aromatic heterocycles. The fourth-order valence-electron chi connectivity index (χ4n) is 5.02. The first-order chi connectivity index (χ1) is 16.3. The molecule has 7 rings (SSSR count). The van der Waals surface area contributed by atoms with Gasteiger partial charge in [-0.3, -0.25) is 0 Å². The highest BCUT2D eigenvalue weighted by Gasteiger charge is 2.11. The third kappa shape index (κ3) is 2.97. The van der Waals surface area contributed by atoms with Crippen LogP contribution in [-0.4, -0.2) is 0 Å². The van der Waals surface area contributed by atoms with Gasteiger partial charge < -0.3 is 0 Å². The first kappa shape index (κ1) is 18.6. The van der Waals surface area contributed by atoms with E-state index in [1.165, 1.54) is 64.0 Å². The number of rotatable bonds is 2. The molecule has 0 atom stereocenters. The van der Waals surface area contributed by atoms with Gasteiger partial charge in [-0.25, -0.2) is 0 Å². The molecule has 1 heteroatoms. The predicted octanol–water partition coefficient (Wildman–Crippen LogP) is 9.69. The van der Waals surface area contributed by atoms with Gasteiger partial charge in [-0.1, -0.05) is 103 Å². The molecule has 7 aromatic rings. The van der Waals surface area contributed by atoms with Crippen molar-refractivity contribution in [2.24, 2.45) is 0 Å². The van der Waals surface area contributed by atoms with E-state index in [2.05, 4.69) is 121 Å². The Kier molecular flexibility index (Phi) is 4.12. The summed E-state index contributed by atoms with van der Waals surface area (Å²) in [7, 11) is 0. The summed E-state index contributed by atoms with van der Waals surface area (Å²) >= 11 is 1.89. The number of benzene rings is 6. The molecular weight excluding hydrogens is 416 g/mol. The summed E-state index contributed by atoms with van der Waals surface area (Å²) in [6.45, 7) is 0. The molecule has 0 saturated heterocycles. The normalized spacial score (nSPS) is 11.6. The fraction of sp³-hybridized carbons (Fsp3) is 0. The summed E-state index contributed by atoms with van der Waals surface area (Å²) in [5, 5.41) is 7.87. The summed E-state index contributed by atoms with van der Waals surface area (Å²) in [6, 6.07) is 44.3. The first-order valence-electron chi connectivity index (χ1n) is 11.3. The molecule has 0 aliphatic carbocycles. The molecule has 0 bridgehead atoms. The highest BCUT2D eigenvalue weighted by atomic mass is 32.1. The molecule has 154 valence electrons. The number of thiophene rings is 1. The van der Waals surface area contributed by atoms with Gasteiger partial charge in [0.1, 0.15) is 0 Å². The Hall–Kier alpha value is -3.94. The average molecular weight is 437 g/mol. The van der Waals surface area contributed by atoms with Crippen molar-refractivity contribution in [3.05, 3.63) is 121 Å². The SMILES string of the molecule is c1cc(-c2ccc3ccc4ccccc4c3c2)cc(-c2cccc3c2sc2ccccc23)c1. The van der Waals surface area contributed by atoms with Crippen molar-refractivity contribution in [3.63, 3.8) is 0 Å². The van der Waals surface area contributed by atoms with E-state index in [-0.39, 0.29) is 0 Å². The molecular formula is C32H20S. The van der Waals surface area contributed by atoms with Gasteiger partial charge in [0.05, 0.1) is 0 Å². The maximum absolute atomic E-state index is 2.34. The Balaban J connectivity index is 1.41.